The standard InChI is InChI=1S/C25H28GeN.C24H28GeN.C19H24GeN.C17H22GeN.3C12H10N.C11H8N.4Ir/c1-26(2,3)24-17-25(27-18-23(24)20-12-7-8-13-20)22-15-9-14-21(16-22)19-10-5-4-6-11-19;1-18(2)14-22-17-26-24(16-23(22)25(3,4)5)21-13-9-12-20(15-21)19-10-7-6-8-11-19;1-20(2,3)18-13-19(16-11-5-4-6-12-16)21-14-17(18)15-9-7-8-10-15;1-4-18(5-2,6-3)16-12-13-17(19-14-16)15-10-8-7-9-11-15;3*1-10-7-8-13-12(9-10)11-5-3-2-4-6-11;1-2-6-10(7-3-1)11-8-4-5-9-12-11;;;;/h4-6,9-11,14,16-18,20H,7-8,12-13H2,1-3H3;6-12,15-18H,14H2,1-5H3;4-6,11,13-15H,7-10H2,1-3H3;7-10,12-14H,4-6H2,1-3H3;3*2-5,7-9H,1H3;1-6,8-9H;;;;/q8*-1;;;;. The van der Waals surface area contributed by atoms with Crippen LogP contribution in [0.2, 0.25) is 67.6 Å². The number of hydrogen-bond acceptors (Lipinski definition) is 8. The van der Waals surface area contributed by atoms with Gasteiger partial charge in [-0.15, -0.1) is 144 Å². The third-order valence-electron chi connectivity index (χ3n) is 26.6. The molecular formula is C132H140Ge4Ir4N8-8. The molecule has 10 aromatic carbocycles. The van der Waals surface area contributed by atoms with Gasteiger partial charge in [0.25, 0.3) is 0 Å². The van der Waals surface area contributed by atoms with E-state index in [4.69, 9.17) is 15.0 Å². The zero-order valence-corrected chi connectivity index (χ0v) is 107. The van der Waals surface area contributed by atoms with Crippen molar-refractivity contribution in [1.29, 1.82) is 0 Å². The minimum Gasteiger partial charge on any atom is -0.305 e. The van der Waals surface area contributed by atoms with Crippen LogP contribution in [0.15, 0.2) is 377 Å². The van der Waals surface area contributed by atoms with E-state index in [0.29, 0.717) is 5.92 Å². The third-order valence-corrected chi connectivity index (χ3v) is 51.3. The molecule has 8 nitrogen and oxygen atoms in total. The molecule has 16 heteroatoms. The Morgan fingerprint density at radius 2 is 0.561 bits per heavy atom. The van der Waals surface area contributed by atoms with Crippen molar-refractivity contribution in [2.75, 3.05) is 0 Å². The van der Waals surface area contributed by atoms with Crippen LogP contribution in [0.5, 0.6) is 0 Å². The van der Waals surface area contributed by atoms with Crippen molar-refractivity contribution in [3.05, 3.63) is 459 Å². The second-order valence-corrected chi connectivity index (χ2v) is 83.6. The van der Waals surface area contributed by atoms with Gasteiger partial charge in [-0.25, -0.2) is 0 Å². The van der Waals surface area contributed by atoms with Crippen LogP contribution in [0.3, 0.4) is 0 Å². The summed E-state index contributed by atoms with van der Waals surface area (Å²) in [5, 5.41) is 4.06. The van der Waals surface area contributed by atoms with Gasteiger partial charge in [-0.05, 0) is 67.8 Å². The van der Waals surface area contributed by atoms with Crippen LogP contribution in [0.4, 0.5) is 0 Å². The maximum atomic E-state index is 4.90. The van der Waals surface area contributed by atoms with Crippen LogP contribution in [0.25, 0.3) is 112 Å². The van der Waals surface area contributed by atoms with Crippen molar-refractivity contribution in [2.45, 2.75) is 193 Å². The number of nitrogens with zero attached hydrogens (tertiary/aromatic N) is 8. The van der Waals surface area contributed by atoms with E-state index >= 15 is 0 Å². The van der Waals surface area contributed by atoms with Crippen molar-refractivity contribution in [1.82, 2.24) is 39.9 Å². The molecule has 8 heterocycles. The smallest absolute Gasteiger partial charge is 0.0160 e. The van der Waals surface area contributed by atoms with Gasteiger partial charge in [-0.3, -0.25) is 0 Å². The average Bonchev–Trinajstić information content (AvgIpc) is 1.27. The minimum absolute atomic E-state index is 0. The monoisotopic (exact) mass is 2900 g/mol. The molecule has 20 rings (SSSR count). The van der Waals surface area contributed by atoms with E-state index in [2.05, 4.69) is 357 Å². The summed E-state index contributed by atoms with van der Waals surface area (Å²) in [5.74, 6) is 24.5. The molecule has 4 radical (unpaired) electrons. The van der Waals surface area contributed by atoms with Crippen molar-refractivity contribution < 1.29 is 80.4 Å². The first-order valence-electron chi connectivity index (χ1n) is 51.4. The van der Waals surface area contributed by atoms with Gasteiger partial charge in [0.05, 0.1) is 0 Å². The molecule has 2 aliphatic carbocycles. The number of aryl methyl sites for hydroxylation is 3. The topological polar surface area (TPSA) is 103 Å². The molecule has 768 valence electrons. The molecule has 0 saturated heterocycles. The second kappa shape index (κ2) is 61.6. The van der Waals surface area contributed by atoms with Crippen molar-refractivity contribution in [3.8, 4) is 112 Å². The van der Waals surface area contributed by atoms with Crippen molar-refractivity contribution in [3.63, 3.8) is 0 Å². The third kappa shape index (κ3) is 36.8. The first-order valence-corrected chi connectivity index (χ1v) is 78.9. The first kappa shape index (κ1) is 122. The first-order chi connectivity index (χ1) is 69.7. The molecule has 8 aromatic heterocycles. The Balaban J connectivity index is 0.000000190. The van der Waals surface area contributed by atoms with E-state index < -0.39 is 53.1 Å². The average molecular weight is 2900 g/mol. The van der Waals surface area contributed by atoms with Gasteiger partial charge >= 0.3 is 577 Å². The SMILES string of the molecule is CC(C)Cc1cnc(-c2[c-]ccc(-c3ccccc3)c2)c[c]1[Ge]([CH3])([CH3])[CH3].C[CH2][Ge]([CH2]C)([CH2]C)[c]1ccc(-c2[c-]cccc2)nc1.Cc1ccnc(-c2[c-]cccc2)c1.Cc1ccnc(-c2[c-]cccc2)c1.Cc1ccnc(-c2[c-]cccc2)c1.[CH3][Ge]([CH3])([CH3])[c]1cc(-c2[c-]ccc(-c3ccccc3)c2)ncc1C1CCCC1.[CH3][Ge]([CH3])([CH3])[c]1cc(-c2[c-]cccc2)ncc1C1CCCC1.[Ir].[Ir].[Ir].[Ir].[c-]1ccccc1-c1ccccn1. The molecule has 148 heavy (non-hydrogen) atoms. The molecule has 0 aliphatic heterocycles. The molecule has 2 saturated carbocycles. The summed E-state index contributed by atoms with van der Waals surface area (Å²) in [6.45, 7) is 17.8. The van der Waals surface area contributed by atoms with E-state index in [1.165, 1.54) is 112 Å². The fourth-order valence-electron chi connectivity index (χ4n) is 18.5. The van der Waals surface area contributed by atoms with E-state index in [-0.39, 0.29) is 80.4 Å². The largest absolute Gasteiger partial charge is 0.305 e. The van der Waals surface area contributed by atoms with Crippen LogP contribution >= 0.6 is 0 Å². The Bertz CT molecular complexity index is 6670. The van der Waals surface area contributed by atoms with Crippen LogP contribution in [-0.4, -0.2) is 92.9 Å². The quantitative estimate of drug-likeness (QED) is 0.0518. The Morgan fingerprint density at radius 3 is 0.865 bits per heavy atom. The van der Waals surface area contributed by atoms with Gasteiger partial charge in [-0.2, -0.15) is 0 Å². The van der Waals surface area contributed by atoms with Crippen LogP contribution in [0.1, 0.15) is 131 Å². The normalized spacial score (nSPS) is 12.0. The summed E-state index contributed by atoms with van der Waals surface area (Å²) < 4.78 is 6.39. The van der Waals surface area contributed by atoms with Crippen LogP contribution < -0.4 is 17.6 Å². The molecule has 0 unspecified atom stereocenters. The summed E-state index contributed by atoms with van der Waals surface area (Å²) in [7, 11) is 0. The van der Waals surface area contributed by atoms with Gasteiger partial charge in [0.15, 0.2) is 0 Å². The molecule has 0 spiro atoms. The second-order valence-electron chi connectivity index (χ2n) is 40.9. The molecule has 2 aliphatic rings. The van der Waals surface area contributed by atoms with Gasteiger partial charge in [0.2, 0.25) is 0 Å². The van der Waals surface area contributed by atoms with Gasteiger partial charge in [-0.1, -0.05) is 47.0 Å². The molecular weight excluding hydrogens is 2760 g/mol. The molecule has 0 atom stereocenters. The number of benzene rings is 10. The molecule has 2 fully saturated rings. The Morgan fingerprint density at radius 1 is 0.264 bits per heavy atom. The van der Waals surface area contributed by atoms with Crippen LogP contribution in [-0.2, 0) is 86.8 Å². The van der Waals surface area contributed by atoms with E-state index in [9.17, 15) is 0 Å². The zero-order chi connectivity index (χ0) is 102. The van der Waals surface area contributed by atoms with Crippen molar-refractivity contribution in [2.24, 2.45) is 5.92 Å². The summed E-state index contributed by atoms with van der Waals surface area (Å²) in [5.41, 5.74) is 29.9. The fourth-order valence-corrected chi connectivity index (χ4v) is 36.6. The van der Waals surface area contributed by atoms with Crippen LogP contribution in [0, 0.1) is 75.2 Å². The van der Waals surface area contributed by atoms with Crippen molar-refractivity contribution >= 4 is 70.6 Å². The molecule has 18 aromatic rings. The number of hydrogen-bond donors (Lipinski definition) is 0. The van der Waals surface area contributed by atoms with E-state index in [0.717, 1.165) is 108 Å². The molecule has 0 amide bonds. The Kier molecular flexibility index (Phi) is 50.7. The summed E-state index contributed by atoms with van der Waals surface area (Å²) in [6, 6.07) is 137. The Labute approximate surface area is 950 Å². The van der Waals surface area contributed by atoms with E-state index in [1.54, 1.807) is 34.9 Å². The van der Waals surface area contributed by atoms with Gasteiger partial charge in [0, 0.05) is 105 Å². The molecule has 0 bridgehead atoms. The van der Waals surface area contributed by atoms with Gasteiger partial charge < -0.3 is 19.9 Å². The fraction of sp³-hybridized carbons (Fsp3) is 0.242. The van der Waals surface area contributed by atoms with Gasteiger partial charge in [0.1, 0.15) is 0 Å². The number of rotatable bonds is 21. The summed E-state index contributed by atoms with van der Waals surface area (Å²) >= 11 is -7.70. The predicted octanol–water partition coefficient (Wildman–Crippen LogP) is 32.5. The maximum absolute atomic E-state index is 4.90. The number of aromatic nitrogens is 8. The molecule has 0 N–H and O–H groups in total. The summed E-state index contributed by atoms with van der Waals surface area (Å²) in [4.78, 5) is 36.2. The predicted molar refractivity (Wildman–Crippen MR) is 620 cm³/mol. The zero-order valence-electron chi connectivity index (χ0n) is 88.9. The maximum Gasteiger partial charge on any atom is 0.0160 e. The number of pyridine rings is 8. The minimum atomic E-state index is -1.99. The van der Waals surface area contributed by atoms with E-state index in [1.807, 2.05) is 195 Å². The summed E-state index contributed by atoms with van der Waals surface area (Å²) in [6.07, 6.45) is 27.9. The Hall–Kier alpha value is -9.83.